The molecular formula is C66H60BN3S. The molecule has 15 rings (SSSR count). The monoisotopic (exact) mass is 937 g/mol. The highest BCUT2D eigenvalue weighted by atomic mass is 32.1. The number of nitrogens with zero attached hydrogens (tertiary/aromatic N) is 3. The summed E-state index contributed by atoms with van der Waals surface area (Å²) in [5.41, 5.74) is 25.3. The summed E-state index contributed by atoms with van der Waals surface area (Å²) in [5, 5.41) is 2.66. The van der Waals surface area contributed by atoms with E-state index in [0.717, 1.165) is 6.42 Å². The molecule has 3 nitrogen and oxygen atoms in total. The lowest BCUT2D eigenvalue weighted by Crippen LogP contribution is -2.62. The minimum atomic E-state index is -0.352. The minimum Gasteiger partial charge on any atom is -0.334 e. The van der Waals surface area contributed by atoms with Crippen molar-refractivity contribution in [3.63, 3.8) is 0 Å². The maximum atomic E-state index is 2.82. The second-order valence-corrected chi connectivity index (χ2v) is 25.6. The van der Waals surface area contributed by atoms with Crippen molar-refractivity contribution >= 4 is 100 Å². The Labute approximate surface area is 423 Å². The van der Waals surface area contributed by atoms with Crippen LogP contribution in [0.5, 0.6) is 0 Å². The van der Waals surface area contributed by atoms with Crippen molar-refractivity contribution in [2.45, 2.75) is 115 Å². The Morgan fingerprint density at radius 3 is 2.01 bits per heavy atom. The van der Waals surface area contributed by atoms with E-state index in [2.05, 4.69) is 229 Å². The van der Waals surface area contributed by atoms with Crippen LogP contribution in [0.15, 0.2) is 152 Å². The first-order chi connectivity index (χ1) is 34.1. The van der Waals surface area contributed by atoms with E-state index in [4.69, 9.17) is 0 Å². The molecule has 3 atom stereocenters. The highest BCUT2D eigenvalue weighted by Crippen LogP contribution is 2.66. The zero-order valence-corrected chi connectivity index (χ0v) is 43.4. The van der Waals surface area contributed by atoms with Crippen LogP contribution < -0.4 is 31.1 Å². The number of thiophene rings is 1. The van der Waals surface area contributed by atoms with Gasteiger partial charge in [-0.3, -0.25) is 0 Å². The van der Waals surface area contributed by atoms with E-state index in [-0.39, 0.29) is 33.9 Å². The van der Waals surface area contributed by atoms with Crippen LogP contribution in [0.1, 0.15) is 121 Å². The molecular weight excluding hydrogens is 878 g/mol. The average Bonchev–Trinajstić information content (AvgIpc) is 3.94. The van der Waals surface area contributed by atoms with Crippen molar-refractivity contribution in [2.24, 2.45) is 0 Å². The summed E-state index contributed by atoms with van der Waals surface area (Å²) in [6.45, 7) is 22.1. The van der Waals surface area contributed by atoms with E-state index in [1.807, 2.05) is 11.3 Å². The van der Waals surface area contributed by atoms with Gasteiger partial charge in [-0.25, -0.2) is 0 Å². The van der Waals surface area contributed by atoms with Crippen molar-refractivity contribution < 1.29 is 0 Å². The van der Waals surface area contributed by atoms with Crippen LogP contribution in [0.2, 0.25) is 0 Å². The highest BCUT2D eigenvalue weighted by molar-refractivity contribution is 7.25. The van der Waals surface area contributed by atoms with Crippen LogP contribution in [-0.4, -0.2) is 12.3 Å². The summed E-state index contributed by atoms with van der Waals surface area (Å²) < 4.78 is 2.66. The smallest absolute Gasteiger partial charge is 0.252 e. The molecule has 4 aliphatic heterocycles. The first-order valence-corrected chi connectivity index (χ1v) is 27.1. The molecule has 0 saturated heterocycles. The predicted octanol–water partition coefficient (Wildman–Crippen LogP) is 16.1. The van der Waals surface area contributed by atoms with Gasteiger partial charge >= 0.3 is 0 Å². The van der Waals surface area contributed by atoms with Gasteiger partial charge in [-0.15, -0.1) is 11.3 Å². The summed E-state index contributed by atoms with van der Waals surface area (Å²) >= 11 is 1.91. The Morgan fingerprint density at radius 1 is 0.507 bits per heavy atom. The summed E-state index contributed by atoms with van der Waals surface area (Å²) in [4.78, 5) is 8.28. The second kappa shape index (κ2) is 13.7. The summed E-state index contributed by atoms with van der Waals surface area (Å²) in [6.07, 6.45) is 4.82. The molecule has 0 N–H and O–H groups in total. The zero-order valence-electron chi connectivity index (χ0n) is 42.6. The summed E-state index contributed by atoms with van der Waals surface area (Å²) in [5.74, 6) is 0. The van der Waals surface area contributed by atoms with Crippen LogP contribution >= 0.6 is 11.3 Å². The maximum Gasteiger partial charge on any atom is 0.252 e. The molecule has 1 fully saturated rings. The molecule has 6 aliphatic rings. The van der Waals surface area contributed by atoms with Gasteiger partial charge in [-0.1, -0.05) is 164 Å². The predicted molar refractivity (Wildman–Crippen MR) is 305 cm³/mol. The van der Waals surface area contributed by atoms with E-state index >= 15 is 0 Å². The Morgan fingerprint density at radius 2 is 1.20 bits per heavy atom. The number of rotatable bonds is 2. The van der Waals surface area contributed by atoms with E-state index in [9.17, 15) is 0 Å². The number of benzene rings is 8. The lowest BCUT2D eigenvalue weighted by Gasteiger charge is -2.52. The molecule has 2 aliphatic carbocycles. The minimum absolute atomic E-state index is 0.00720. The topological polar surface area (TPSA) is 9.72 Å². The third kappa shape index (κ3) is 5.16. The Balaban J connectivity index is 1.11. The van der Waals surface area contributed by atoms with Gasteiger partial charge in [0.2, 0.25) is 0 Å². The van der Waals surface area contributed by atoms with Gasteiger partial charge in [0, 0.05) is 70.8 Å². The maximum absolute atomic E-state index is 2.82. The molecule has 9 aromatic rings. The third-order valence-electron chi connectivity index (χ3n) is 18.8. The lowest BCUT2D eigenvalue weighted by molar-refractivity contribution is 0.195. The zero-order chi connectivity index (χ0) is 48.3. The number of fused-ring (bicyclic) bond motifs is 15. The number of anilines is 8. The van der Waals surface area contributed by atoms with Crippen LogP contribution in [0.4, 0.5) is 45.5 Å². The molecule has 0 spiro atoms. The van der Waals surface area contributed by atoms with Gasteiger partial charge in [-0.05, 0) is 147 Å². The van der Waals surface area contributed by atoms with Crippen LogP contribution in [0, 0.1) is 0 Å². The first kappa shape index (κ1) is 42.2. The number of hydrogen-bond acceptors (Lipinski definition) is 4. The molecule has 348 valence electrons. The van der Waals surface area contributed by atoms with E-state index in [1.165, 1.54) is 146 Å². The molecule has 1 aromatic heterocycles. The molecule has 0 bridgehead atoms. The van der Waals surface area contributed by atoms with Gasteiger partial charge < -0.3 is 14.7 Å². The number of para-hydroxylation sites is 1. The fourth-order valence-electron chi connectivity index (χ4n) is 15.3. The van der Waals surface area contributed by atoms with Gasteiger partial charge in [0.05, 0.1) is 11.2 Å². The van der Waals surface area contributed by atoms with Crippen LogP contribution in [0.3, 0.4) is 0 Å². The number of hydrogen-bond donors (Lipinski definition) is 0. The fraction of sp³-hybridized carbons (Fsp3) is 0.273. The van der Waals surface area contributed by atoms with Crippen LogP contribution in [0.25, 0.3) is 31.3 Å². The Hall–Kier alpha value is -6.56. The SMILES string of the molecule is CC(C)(C)c1ccc2c(c1)N(c1ccc3c(c1)sc1ccccc13)c1cc(N3c4ccccc4C4(C)CCCCC34C)cc3c1B2c1ccc(C(C)(C)C)c2c1N3c1cccc3c1C2(C)c1ccccc1-3. The molecule has 71 heavy (non-hydrogen) atoms. The largest absolute Gasteiger partial charge is 0.334 e. The Bertz CT molecular complexity index is 3850. The van der Waals surface area contributed by atoms with Gasteiger partial charge in [-0.2, -0.15) is 0 Å². The van der Waals surface area contributed by atoms with E-state index in [0.29, 0.717) is 0 Å². The van der Waals surface area contributed by atoms with Crippen molar-refractivity contribution in [1.82, 2.24) is 0 Å². The molecule has 3 unspecified atom stereocenters. The van der Waals surface area contributed by atoms with Crippen molar-refractivity contribution in [2.75, 3.05) is 14.7 Å². The highest BCUT2D eigenvalue weighted by Gasteiger charge is 2.59. The van der Waals surface area contributed by atoms with Crippen LogP contribution in [-0.2, 0) is 21.7 Å². The van der Waals surface area contributed by atoms with Crippen molar-refractivity contribution in [3.05, 3.63) is 185 Å². The Kier molecular flexibility index (Phi) is 8.13. The fourth-order valence-corrected chi connectivity index (χ4v) is 16.4. The summed E-state index contributed by atoms with van der Waals surface area (Å²) in [6, 6.07) is 60.0. The molecule has 0 amide bonds. The average molecular weight is 938 g/mol. The molecule has 8 aromatic carbocycles. The van der Waals surface area contributed by atoms with Gasteiger partial charge in [0.25, 0.3) is 6.71 Å². The lowest BCUT2D eigenvalue weighted by atomic mass is 9.32. The second-order valence-electron chi connectivity index (χ2n) is 24.5. The standard InChI is InChI=1S/C66H60BN3S/c1-62(2,3)39-27-31-49-53(35-39)68(40-28-29-44-43-20-11-15-26-56(43)71-57(44)38-40)54-36-41(70-51-24-14-13-23-47(51)64(7)33-16-17-34-65(64,70)8)37-55-60(54)67(49)50-32-30-48(63(4,5)6)59-61(50)69(55)52-25-18-21-45-42-19-10-12-22-46(42)66(59,9)58(45)52/h10-15,18-32,35-38H,16-17,33-34H2,1-9H3. The summed E-state index contributed by atoms with van der Waals surface area (Å²) in [7, 11) is 0. The first-order valence-electron chi connectivity index (χ1n) is 26.3. The van der Waals surface area contributed by atoms with Crippen molar-refractivity contribution in [1.29, 1.82) is 0 Å². The quantitative estimate of drug-likeness (QED) is 0.160. The van der Waals surface area contributed by atoms with Crippen molar-refractivity contribution in [3.8, 4) is 11.1 Å². The molecule has 1 saturated carbocycles. The van der Waals surface area contributed by atoms with Gasteiger partial charge in [0.15, 0.2) is 0 Å². The molecule has 5 heteroatoms. The van der Waals surface area contributed by atoms with E-state index < -0.39 is 0 Å². The van der Waals surface area contributed by atoms with Gasteiger partial charge in [0.1, 0.15) is 0 Å². The third-order valence-corrected chi connectivity index (χ3v) is 20.0. The normalized spacial score (nSPS) is 22.0. The molecule has 0 radical (unpaired) electrons. The van der Waals surface area contributed by atoms with E-state index in [1.54, 1.807) is 0 Å². The molecule has 5 heterocycles.